The van der Waals surface area contributed by atoms with E-state index in [-0.39, 0.29) is 18.2 Å². The van der Waals surface area contributed by atoms with Crippen LogP contribution in [0.1, 0.15) is 25.2 Å². The zero-order valence-corrected chi connectivity index (χ0v) is 12.6. The molecule has 0 radical (unpaired) electrons. The van der Waals surface area contributed by atoms with Gasteiger partial charge in [-0.2, -0.15) is 0 Å². The molecule has 0 aliphatic heterocycles. The Morgan fingerprint density at radius 2 is 1.83 bits per heavy atom. The van der Waals surface area contributed by atoms with Crippen LogP contribution in [0.2, 0.25) is 10.0 Å². The second kappa shape index (κ2) is 6.90. The van der Waals surface area contributed by atoms with Crippen LogP contribution >= 0.6 is 30.8 Å². The van der Waals surface area contributed by atoms with Gasteiger partial charge in [0.05, 0.1) is 23.3 Å². The van der Waals surface area contributed by atoms with E-state index in [1.807, 2.05) is 0 Å². The minimum absolute atomic E-state index is 0.239. The highest BCUT2D eigenvalue weighted by atomic mass is 35.5. The molecule has 1 aromatic rings. The molecule has 1 atom stereocenters. The van der Waals surface area contributed by atoms with Gasteiger partial charge in [0, 0.05) is 5.56 Å². The maximum Gasteiger partial charge on any atom is 0.351 e. The highest BCUT2D eigenvalue weighted by molar-refractivity contribution is 7.54. The van der Waals surface area contributed by atoms with Crippen molar-refractivity contribution >= 4 is 30.8 Å². The summed E-state index contributed by atoms with van der Waals surface area (Å²) in [6.07, 6.45) is 0. The average molecular weight is 312 g/mol. The average Bonchev–Trinajstić information content (AvgIpc) is 2.32. The van der Waals surface area contributed by atoms with Gasteiger partial charge < -0.3 is 14.8 Å². The SMILES string of the molecule is CCOP(=O)(OCC)[C@H](N)c1cccc(Cl)c1Cl. The molecule has 4 nitrogen and oxygen atoms in total. The van der Waals surface area contributed by atoms with E-state index in [4.69, 9.17) is 38.0 Å². The predicted octanol–water partition coefficient (Wildman–Crippen LogP) is 4.22. The van der Waals surface area contributed by atoms with E-state index in [9.17, 15) is 4.57 Å². The first-order valence-electron chi connectivity index (χ1n) is 5.54. The molecule has 1 rings (SSSR count). The zero-order valence-electron chi connectivity index (χ0n) is 10.2. The fraction of sp³-hybridized carbons (Fsp3) is 0.455. The van der Waals surface area contributed by atoms with E-state index in [1.54, 1.807) is 32.0 Å². The number of nitrogens with two attached hydrogens (primary N) is 1. The molecule has 0 aliphatic carbocycles. The lowest BCUT2D eigenvalue weighted by atomic mass is 10.2. The highest BCUT2D eigenvalue weighted by Crippen LogP contribution is 2.59. The summed E-state index contributed by atoms with van der Waals surface area (Å²) in [7, 11) is -3.44. The summed E-state index contributed by atoms with van der Waals surface area (Å²) < 4.78 is 22.9. The van der Waals surface area contributed by atoms with Crippen molar-refractivity contribution in [1.29, 1.82) is 0 Å². The van der Waals surface area contributed by atoms with Crippen molar-refractivity contribution in [2.24, 2.45) is 5.73 Å². The monoisotopic (exact) mass is 311 g/mol. The molecule has 0 aliphatic rings. The van der Waals surface area contributed by atoms with Gasteiger partial charge in [0.25, 0.3) is 0 Å². The van der Waals surface area contributed by atoms with Crippen LogP contribution in [0.4, 0.5) is 0 Å². The smallest absolute Gasteiger partial charge is 0.314 e. The normalized spacial score (nSPS) is 13.6. The summed E-state index contributed by atoms with van der Waals surface area (Å²) in [4.78, 5) is 0. The topological polar surface area (TPSA) is 61.5 Å². The summed E-state index contributed by atoms with van der Waals surface area (Å²) in [6, 6.07) is 4.97. The second-order valence-electron chi connectivity index (χ2n) is 3.46. The third kappa shape index (κ3) is 3.47. The van der Waals surface area contributed by atoms with Crippen molar-refractivity contribution in [3.63, 3.8) is 0 Å². The highest BCUT2D eigenvalue weighted by Gasteiger charge is 2.35. The standard InChI is InChI=1S/C11H16Cl2NO3P/c1-3-16-18(15,17-4-2)11(14)8-6-5-7-9(12)10(8)13/h5-7,11H,3-4,14H2,1-2H3/t11-/m0/s1. The van der Waals surface area contributed by atoms with Crippen LogP contribution in [-0.2, 0) is 13.6 Å². The van der Waals surface area contributed by atoms with Crippen LogP contribution in [0.3, 0.4) is 0 Å². The van der Waals surface area contributed by atoms with Crippen molar-refractivity contribution in [1.82, 2.24) is 0 Å². The maximum absolute atomic E-state index is 12.5. The molecule has 0 fully saturated rings. The lowest BCUT2D eigenvalue weighted by molar-refractivity contribution is 0.212. The molecular weight excluding hydrogens is 296 g/mol. The Morgan fingerprint density at radius 3 is 2.33 bits per heavy atom. The molecule has 1 aromatic carbocycles. The van der Waals surface area contributed by atoms with Crippen molar-refractivity contribution in [2.45, 2.75) is 19.6 Å². The fourth-order valence-electron chi connectivity index (χ4n) is 1.48. The first kappa shape index (κ1) is 16.0. The molecule has 7 heteroatoms. The van der Waals surface area contributed by atoms with Crippen LogP contribution < -0.4 is 5.73 Å². The Bertz CT molecular complexity index is 446. The van der Waals surface area contributed by atoms with Gasteiger partial charge >= 0.3 is 7.60 Å². The molecule has 0 bridgehead atoms. The largest absolute Gasteiger partial charge is 0.351 e. The number of halogens is 2. The molecule has 0 saturated carbocycles. The summed E-state index contributed by atoms with van der Waals surface area (Å²) in [5.74, 6) is -0.955. The third-order valence-electron chi connectivity index (χ3n) is 2.26. The predicted molar refractivity (Wildman–Crippen MR) is 74.2 cm³/mol. The van der Waals surface area contributed by atoms with E-state index in [1.165, 1.54) is 0 Å². The minimum Gasteiger partial charge on any atom is -0.314 e. The molecule has 0 aromatic heterocycles. The van der Waals surface area contributed by atoms with E-state index < -0.39 is 13.4 Å². The van der Waals surface area contributed by atoms with Gasteiger partial charge in [0.1, 0.15) is 5.78 Å². The molecule has 0 unspecified atom stereocenters. The molecule has 0 amide bonds. The molecule has 0 heterocycles. The zero-order chi connectivity index (χ0) is 13.8. The van der Waals surface area contributed by atoms with Gasteiger partial charge in [-0.05, 0) is 19.9 Å². The lowest BCUT2D eigenvalue weighted by Crippen LogP contribution is -2.15. The fourth-order valence-corrected chi connectivity index (χ4v) is 3.65. The van der Waals surface area contributed by atoms with Crippen molar-refractivity contribution in [2.75, 3.05) is 13.2 Å². The first-order chi connectivity index (χ1) is 8.46. The van der Waals surface area contributed by atoms with Gasteiger partial charge in [-0.3, -0.25) is 4.57 Å². The maximum atomic E-state index is 12.5. The quantitative estimate of drug-likeness (QED) is 0.799. The van der Waals surface area contributed by atoms with E-state index in [0.717, 1.165) is 0 Å². The van der Waals surface area contributed by atoms with Gasteiger partial charge in [0.15, 0.2) is 0 Å². The Morgan fingerprint density at radius 1 is 1.28 bits per heavy atom. The van der Waals surface area contributed by atoms with E-state index in [0.29, 0.717) is 10.6 Å². The summed E-state index contributed by atoms with van der Waals surface area (Å²) in [5, 5.41) is 0.621. The number of rotatable bonds is 6. The number of benzene rings is 1. The van der Waals surface area contributed by atoms with Crippen molar-refractivity contribution in [3.05, 3.63) is 33.8 Å². The lowest BCUT2D eigenvalue weighted by Gasteiger charge is -2.24. The molecule has 0 spiro atoms. The molecule has 0 saturated heterocycles. The van der Waals surface area contributed by atoms with Crippen LogP contribution in [0.15, 0.2) is 18.2 Å². The summed E-state index contributed by atoms with van der Waals surface area (Å²) >= 11 is 12.0. The summed E-state index contributed by atoms with van der Waals surface area (Å²) in [5.41, 5.74) is 6.41. The van der Waals surface area contributed by atoms with Crippen molar-refractivity contribution in [3.8, 4) is 0 Å². The number of hydrogen-bond acceptors (Lipinski definition) is 4. The Hall–Kier alpha value is -0.0900. The van der Waals surface area contributed by atoms with Crippen LogP contribution in [0.25, 0.3) is 0 Å². The van der Waals surface area contributed by atoms with E-state index >= 15 is 0 Å². The minimum atomic E-state index is -3.44. The van der Waals surface area contributed by atoms with Gasteiger partial charge in [-0.1, -0.05) is 35.3 Å². The summed E-state index contributed by atoms with van der Waals surface area (Å²) in [6.45, 7) is 3.92. The number of hydrogen-bond donors (Lipinski definition) is 1. The van der Waals surface area contributed by atoms with E-state index in [2.05, 4.69) is 0 Å². The Kier molecular flexibility index (Phi) is 6.12. The van der Waals surface area contributed by atoms with Gasteiger partial charge in [0.2, 0.25) is 0 Å². The molecule has 18 heavy (non-hydrogen) atoms. The van der Waals surface area contributed by atoms with Crippen LogP contribution in [0.5, 0.6) is 0 Å². The first-order valence-corrected chi connectivity index (χ1v) is 7.91. The van der Waals surface area contributed by atoms with Crippen LogP contribution in [-0.4, -0.2) is 13.2 Å². The van der Waals surface area contributed by atoms with Gasteiger partial charge in [-0.15, -0.1) is 0 Å². The van der Waals surface area contributed by atoms with Gasteiger partial charge in [-0.25, -0.2) is 0 Å². The molecule has 102 valence electrons. The Labute approximate surface area is 117 Å². The van der Waals surface area contributed by atoms with Crippen LogP contribution in [0, 0.1) is 0 Å². The molecular formula is C11H16Cl2NO3P. The third-order valence-corrected chi connectivity index (χ3v) is 5.29. The Balaban J connectivity index is 3.13. The van der Waals surface area contributed by atoms with Crippen molar-refractivity contribution < 1.29 is 13.6 Å². The molecule has 2 N–H and O–H groups in total. The second-order valence-corrected chi connectivity index (χ2v) is 6.40.